The number of aryl methyl sites for hydroxylation is 1. The summed E-state index contributed by atoms with van der Waals surface area (Å²) in [7, 11) is 1.79. The fourth-order valence-corrected chi connectivity index (χ4v) is 2.93. The number of carbonyl (C=O) groups excluding carboxylic acids is 2. The lowest BCUT2D eigenvalue weighted by atomic mass is 10.1. The first-order valence-electron chi connectivity index (χ1n) is 7.63. The van der Waals surface area contributed by atoms with Crippen molar-refractivity contribution in [2.45, 2.75) is 6.42 Å². The lowest BCUT2D eigenvalue weighted by Crippen LogP contribution is -2.28. The number of aromatic amines is 1. The van der Waals surface area contributed by atoms with Crippen molar-refractivity contribution in [3.05, 3.63) is 36.9 Å². The van der Waals surface area contributed by atoms with E-state index >= 15 is 0 Å². The Labute approximate surface area is 137 Å². The molecule has 0 aromatic carbocycles. The summed E-state index contributed by atoms with van der Waals surface area (Å²) in [6.45, 7) is 0.350. The summed E-state index contributed by atoms with van der Waals surface area (Å²) in [5.74, 6) is -0.185. The predicted molar refractivity (Wildman–Crippen MR) is 88.4 cm³/mol. The van der Waals surface area contributed by atoms with Gasteiger partial charge in [0, 0.05) is 37.8 Å². The number of nitrogens with one attached hydrogen (secondary N) is 2. The van der Waals surface area contributed by atoms with E-state index in [9.17, 15) is 9.59 Å². The van der Waals surface area contributed by atoms with Crippen LogP contribution in [0.2, 0.25) is 0 Å². The Balaban J connectivity index is 1.47. The Morgan fingerprint density at radius 3 is 3.08 bits per heavy atom. The van der Waals surface area contributed by atoms with Crippen LogP contribution in [0.1, 0.15) is 6.42 Å². The minimum atomic E-state index is -0.401. The number of hydrogen-bond acceptors (Lipinski definition) is 4. The number of anilines is 2. The highest BCUT2D eigenvalue weighted by Gasteiger charge is 2.35. The molecule has 4 heterocycles. The molecule has 2 amide bonds. The third kappa shape index (κ3) is 2.51. The van der Waals surface area contributed by atoms with Gasteiger partial charge < -0.3 is 15.2 Å². The Hall–Kier alpha value is -3.16. The fraction of sp³-hybridized carbons (Fsp3) is 0.250. The molecule has 4 rings (SSSR count). The van der Waals surface area contributed by atoms with E-state index in [1.165, 1.54) is 0 Å². The quantitative estimate of drug-likeness (QED) is 0.759. The molecule has 1 aliphatic heterocycles. The van der Waals surface area contributed by atoms with Gasteiger partial charge in [0.2, 0.25) is 11.8 Å². The number of rotatable bonds is 3. The normalized spacial score (nSPS) is 17.6. The van der Waals surface area contributed by atoms with Gasteiger partial charge in [0.15, 0.2) is 0 Å². The molecular weight excluding hydrogens is 308 g/mol. The van der Waals surface area contributed by atoms with Crippen LogP contribution in [-0.4, -0.2) is 38.1 Å². The highest BCUT2D eigenvalue weighted by atomic mass is 16.2. The molecule has 1 atom stereocenters. The maximum Gasteiger partial charge on any atom is 0.230 e. The summed E-state index contributed by atoms with van der Waals surface area (Å²) in [6, 6.07) is 3.72. The number of H-pyrrole nitrogens is 1. The molecule has 0 radical (unpaired) electrons. The van der Waals surface area contributed by atoms with Crippen molar-refractivity contribution in [1.29, 1.82) is 0 Å². The minimum Gasteiger partial charge on any atom is -0.360 e. The zero-order valence-corrected chi connectivity index (χ0v) is 13.1. The summed E-state index contributed by atoms with van der Waals surface area (Å²) < 4.78 is 1.63. The summed E-state index contributed by atoms with van der Waals surface area (Å²) in [4.78, 5) is 33.5. The lowest BCUT2D eigenvalue weighted by molar-refractivity contribution is -0.122. The molecule has 1 saturated heterocycles. The van der Waals surface area contributed by atoms with Gasteiger partial charge in [-0.2, -0.15) is 5.10 Å². The molecule has 0 saturated carbocycles. The second-order valence-electron chi connectivity index (χ2n) is 5.90. The number of hydrogen-bond donors (Lipinski definition) is 2. The van der Waals surface area contributed by atoms with E-state index in [0.717, 1.165) is 10.9 Å². The van der Waals surface area contributed by atoms with Crippen LogP contribution in [0, 0.1) is 5.92 Å². The van der Waals surface area contributed by atoms with E-state index in [4.69, 9.17) is 0 Å². The standard InChI is InChI=1S/C16H16N6O2/c1-21-9-12(6-19-21)22-8-11(5-15(22)23)16(24)20-14-4-10-2-3-17-13(10)7-18-14/h2-4,6-7,9,11,17H,5,8H2,1H3,(H,18,20,24). The first-order chi connectivity index (χ1) is 11.6. The topological polar surface area (TPSA) is 95.9 Å². The average molecular weight is 324 g/mol. The molecule has 0 bridgehead atoms. The Morgan fingerprint density at radius 2 is 2.29 bits per heavy atom. The monoisotopic (exact) mass is 324 g/mol. The van der Waals surface area contributed by atoms with Crippen molar-refractivity contribution < 1.29 is 9.59 Å². The first kappa shape index (κ1) is 14.4. The minimum absolute atomic E-state index is 0.0720. The molecular formula is C16H16N6O2. The van der Waals surface area contributed by atoms with Crippen molar-refractivity contribution in [3.63, 3.8) is 0 Å². The molecule has 8 nitrogen and oxygen atoms in total. The molecule has 8 heteroatoms. The number of fused-ring (bicyclic) bond motifs is 1. The number of carbonyl (C=O) groups is 2. The van der Waals surface area contributed by atoms with Crippen LogP contribution in [0.25, 0.3) is 10.9 Å². The smallest absolute Gasteiger partial charge is 0.230 e. The Kier molecular flexibility index (Phi) is 3.30. The zero-order chi connectivity index (χ0) is 16.7. The van der Waals surface area contributed by atoms with Crippen molar-refractivity contribution >= 4 is 34.2 Å². The maximum absolute atomic E-state index is 12.5. The van der Waals surface area contributed by atoms with E-state index in [-0.39, 0.29) is 18.2 Å². The van der Waals surface area contributed by atoms with E-state index in [0.29, 0.717) is 18.1 Å². The van der Waals surface area contributed by atoms with Crippen LogP contribution in [0.4, 0.5) is 11.5 Å². The molecule has 122 valence electrons. The predicted octanol–water partition coefficient (Wildman–Crippen LogP) is 1.29. The summed E-state index contributed by atoms with van der Waals surface area (Å²) in [5, 5.41) is 7.84. The van der Waals surface area contributed by atoms with Crippen LogP contribution in [0.3, 0.4) is 0 Å². The highest BCUT2D eigenvalue weighted by Crippen LogP contribution is 2.25. The zero-order valence-electron chi connectivity index (χ0n) is 13.1. The molecule has 3 aromatic rings. The molecule has 0 aliphatic carbocycles. The highest BCUT2D eigenvalue weighted by molar-refractivity contribution is 6.03. The van der Waals surface area contributed by atoms with Gasteiger partial charge in [0.1, 0.15) is 5.82 Å². The van der Waals surface area contributed by atoms with Crippen LogP contribution in [-0.2, 0) is 16.6 Å². The van der Waals surface area contributed by atoms with Gasteiger partial charge in [0.25, 0.3) is 0 Å². The molecule has 1 aliphatic rings. The third-order valence-electron chi connectivity index (χ3n) is 4.19. The van der Waals surface area contributed by atoms with Crippen molar-refractivity contribution in [2.24, 2.45) is 13.0 Å². The van der Waals surface area contributed by atoms with Crippen LogP contribution in [0.5, 0.6) is 0 Å². The fourth-order valence-electron chi connectivity index (χ4n) is 2.93. The van der Waals surface area contributed by atoms with Gasteiger partial charge in [-0.15, -0.1) is 0 Å². The van der Waals surface area contributed by atoms with Crippen molar-refractivity contribution in [2.75, 3.05) is 16.8 Å². The maximum atomic E-state index is 12.5. The molecule has 0 spiro atoms. The summed E-state index contributed by atoms with van der Waals surface area (Å²) in [5.41, 5.74) is 1.62. The average Bonchev–Trinajstić information content (AvgIpc) is 3.26. The molecule has 24 heavy (non-hydrogen) atoms. The number of pyridine rings is 1. The van der Waals surface area contributed by atoms with Gasteiger partial charge in [-0.25, -0.2) is 4.98 Å². The Morgan fingerprint density at radius 1 is 1.42 bits per heavy atom. The van der Waals surface area contributed by atoms with E-state index < -0.39 is 5.92 Å². The largest absolute Gasteiger partial charge is 0.360 e. The summed E-state index contributed by atoms with van der Waals surface area (Å²) in [6.07, 6.45) is 7.07. The number of amides is 2. The molecule has 1 fully saturated rings. The Bertz CT molecular complexity index is 927. The van der Waals surface area contributed by atoms with Crippen LogP contribution >= 0.6 is 0 Å². The number of nitrogens with zero attached hydrogens (tertiary/aromatic N) is 4. The van der Waals surface area contributed by atoms with E-state index in [1.807, 2.05) is 12.3 Å². The van der Waals surface area contributed by atoms with Gasteiger partial charge in [0.05, 0.1) is 29.5 Å². The van der Waals surface area contributed by atoms with Crippen molar-refractivity contribution in [3.8, 4) is 0 Å². The lowest BCUT2D eigenvalue weighted by Gasteiger charge is -2.14. The van der Waals surface area contributed by atoms with E-state index in [2.05, 4.69) is 20.4 Å². The van der Waals surface area contributed by atoms with E-state index in [1.54, 1.807) is 41.3 Å². The number of aromatic nitrogens is 4. The van der Waals surface area contributed by atoms with Crippen LogP contribution < -0.4 is 10.2 Å². The molecule has 2 N–H and O–H groups in total. The summed E-state index contributed by atoms with van der Waals surface area (Å²) >= 11 is 0. The second kappa shape index (κ2) is 5.48. The van der Waals surface area contributed by atoms with Gasteiger partial charge in [-0.3, -0.25) is 14.3 Å². The third-order valence-corrected chi connectivity index (χ3v) is 4.19. The SMILES string of the molecule is Cn1cc(N2CC(C(=O)Nc3cc4cc[nH]c4cn3)CC2=O)cn1. The van der Waals surface area contributed by atoms with Crippen LogP contribution in [0.15, 0.2) is 36.9 Å². The molecule has 1 unspecified atom stereocenters. The first-order valence-corrected chi connectivity index (χ1v) is 7.63. The van der Waals surface area contributed by atoms with Gasteiger partial charge in [-0.05, 0) is 12.1 Å². The van der Waals surface area contributed by atoms with Gasteiger partial charge >= 0.3 is 0 Å². The van der Waals surface area contributed by atoms with Crippen molar-refractivity contribution in [1.82, 2.24) is 19.7 Å². The van der Waals surface area contributed by atoms with Gasteiger partial charge in [-0.1, -0.05) is 0 Å². The molecule has 3 aromatic heterocycles. The second-order valence-corrected chi connectivity index (χ2v) is 5.90.